The maximum absolute atomic E-state index is 10.1. The van der Waals surface area contributed by atoms with Crippen molar-refractivity contribution in [2.24, 2.45) is 0 Å². The number of hydrogen-bond donors (Lipinski definition) is 2. The molecule has 0 aliphatic heterocycles. The number of rotatable bonds is 4. The van der Waals surface area contributed by atoms with Crippen molar-refractivity contribution < 1.29 is 40.6 Å². The predicted octanol–water partition coefficient (Wildman–Crippen LogP) is -0.474. The molecule has 5 heteroatoms. The summed E-state index contributed by atoms with van der Waals surface area (Å²) < 4.78 is 0.578. The van der Waals surface area contributed by atoms with Crippen LogP contribution >= 0.6 is 0 Å². The fraction of sp³-hybridized carbons (Fsp3) is 0.857. The first-order valence-corrected chi connectivity index (χ1v) is 3.51. The van der Waals surface area contributed by atoms with E-state index in [-0.39, 0.29) is 27.5 Å². The number of aliphatic hydroxyl groups excluding tert-OH is 1. The zero-order valence-electron chi connectivity index (χ0n) is 7.56. The van der Waals surface area contributed by atoms with Gasteiger partial charge in [-0.1, -0.05) is 0 Å². The summed E-state index contributed by atoms with van der Waals surface area (Å²) in [5.41, 5.74) is 0. The van der Waals surface area contributed by atoms with Gasteiger partial charge in [-0.3, -0.25) is 4.79 Å². The molecule has 1 atom stereocenters. The third-order valence-corrected chi connectivity index (χ3v) is 1.17. The average Bonchev–Trinajstić information content (AvgIpc) is 1.53. The topological polar surface area (TPSA) is 57.5 Å². The van der Waals surface area contributed by atoms with Gasteiger partial charge in [0.05, 0.1) is 27.6 Å². The summed E-state index contributed by atoms with van der Waals surface area (Å²) >= 11 is 0. The Morgan fingerprint density at radius 1 is 1.42 bits per heavy atom. The molecule has 0 rings (SSSR count). The van der Waals surface area contributed by atoms with Gasteiger partial charge in [-0.25, -0.2) is 0 Å². The van der Waals surface area contributed by atoms with E-state index in [1.165, 1.54) is 0 Å². The number of carbonyl (C=O) groups is 1. The van der Waals surface area contributed by atoms with Crippen LogP contribution < -0.4 is 0 Å². The third-order valence-electron chi connectivity index (χ3n) is 1.17. The molecule has 2 N–H and O–H groups in total. The summed E-state index contributed by atoms with van der Waals surface area (Å²) in [6, 6.07) is 0. The molecule has 76 valence electrons. The van der Waals surface area contributed by atoms with E-state index in [1.54, 1.807) is 0 Å². The van der Waals surface area contributed by atoms with E-state index in [1.807, 2.05) is 21.1 Å². The van der Waals surface area contributed by atoms with Gasteiger partial charge in [-0.2, -0.15) is 0 Å². The van der Waals surface area contributed by atoms with E-state index >= 15 is 0 Å². The molecule has 0 fully saturated rings. The minimum absolute atomic E-state index is 0. The van der Waals surface area contributed by atoms with Crippen LogP contribution in [0, 0.1) is 0 Å². The van der Waals surface area contributed by atoms with Gasteiger partial charge in [0.25, 0.3) is 0 Å². The van der Waals surface area contributed by atoms with E-state index in [0.29, 0.717) is 11.0 Å². The van der Waals surface area contributed by atoms with Crippen molar-refractivity contribution in [3.05, 3.63) is 0 Å². The maximum atomic E-state index is 10.1. The molecule has 0 bridgehead atoms. The zero-order chi connectivity index (χ0) is 9.07. The Labute approximate surface area is 87.0 Å². The van der Waals surface area contributed by atoms with Gasteiger partial charge in [0.2, 0.25) is 0 Å². The molecule has 0 aromatic rings. The molecule has 0 aliphatic carbocycles. The number of carboxylic acid groups (broad SMARTS) is 1. The molecule has 4 nitrogen and oxygen atoms in total. The smallest absolute Gasteiger partial charge is 0.306 e. The van der Waals surface area contributed by atoms with Crippen molar-refractivity contribution in [3.63, 3.8) is 0 Å². The number of quaternary nitrogens is 1. The molecular weight excluding hydrogens is 341 g/mol. The van der Waals surface area contributed by atoms with Crippen LogP contribution in [-0.4, -0.2) is 54.5 Å². The maximum Gasteiger partial charge on any atom is 0.306 e. The van der Waals surface area contributed by atoms with E-state index in [0.717, 1.165) is 0 Å². The van der Waals surface area contributed by atoms with Gasteiger partial charge in [0.15, 0.2) is 0 Å². The predicted molar refractivity (Wildman–Crippen MR) is 41.2 cm³/mol. The quantitative estimate of drug-likeness (QED) is 0.669. The van der Waals surface area contributed by atoms with Crippen molar-refractivity contribution in [1.82, 2.24) is 0 Å². The van der Waals surface area contributed by atoms with Gasteiger partial charge in [0.1, 0.15) is 12.6 Å². The standard InChI is InChI=1S/C7H15NO3.Pt/c1-8(2,3)5-6(9)4-7(10)11;/h6,9H,4-5H2,1-3H3;/p+1/t6-;/m1./s1. The Morgan fingerprint density at radius 3 is 2.08 bits per heavy atom. The Hall–Kier alpha value is 0.0783. The Morgan fingerprint density at radius 2 is 1.83 bits per heavy atom. The summed E-state index contributed by atoms with van der Waals surface area (Å²) in [7, 11) is 5.72. The van der Waals surface area contributed by atoms with Crippen molar-refractivity contribution in [1.29, 1.82) is 0 Å². The van der Waals surface area contributed by atoms with E-state index in [9.17, 15) is 4.79 Å². The number of nitrogens with zero attached hydrogens (tertiary/aromatic N) is 1. The second-order valence-electron chi connectivity index (χ2n) is 3.72. The molecule has 0 unspecified atom stereocenters. The molecule has 0 aromatic carbocycles. The minimum atomic E-state index is -0.953. The first-order valence-electron chi connectivity index (χ1n) is 3.51. The summed E-state index contributed by atoms with van der Waals surface area (Å²) in [6.07, 6.45) is -0.914. The van der Waals surface area contributed by atoms with Crippen molar-refractivity contribution in [3.8, 4) is 0 Å². The van der Waals surface area contributed by atoms with Crippen LogP contribution in [0.25, 0.3) is 0 Å². The fourth-order valence-electron chi connectivity index (χ4n) is 0.898. The number of aliphatic hydroxyl groups is 1. The monoisotopic (exact) mass is 357 g/mol. The molecule has 0 aromatic heterocycles. The van der Waals surface area contributed by atoms with Crippen molar-refractivity contribution in [2.45, 2.75) is 12.5 Å². The first-order chi connectivity index (χ1) is 4.81. The van der Waals surface area contributed by atoms with Gasteiger partial charge in [-0.05, 0) is 0 Å². The van der Waals surface area contributed by atoms with Crippen LogP contribution in [0.15, 0.2) is 0 Å². The van der Waals surface area contributed by atoms with Gasteiger partial charge >= 0.3 is 5.97 Å². The number of aliphatic carboxylic acids is 1. The van der Waals surface area contributed by atoms with Crippen molar-refractivity contribution >= 4 is 5.97 Å². The molecular formula is C7H16NO3Pt+. The summed E-state index contributed by atoms with van der Waals surface area (Å²) in [5.74, 6) is -0.953. The van der Waals surface area contributed by atoms with Crippen LogP contribution in [0.4, 0.5) is 0 Å². The van der Waals surface area contributed by atoms with Crippen LogP contribution in [0.1, 0.15) is 6.42 Å². The number of hydrogen-bond acceptors (Lipinski definition) is 2. The molecule has 0 amide bonds. The largest absolute Gasteiger partial charge is 0.481 e. The average molecular weight is 357 g/mol. The molecule has 0 spiro atoms. The number of likely N-dealkylation sites (N-methyl/N-ethyl adjacent to an activating group) is 1. The van der Waals surface area contributed by atoms with Crippen LogP contribution in [0.3, 0.4) is 0 Å². The van der Waals surface area contributed by atoms with Crippen LogP contribution in [-0.2, 0) is 25.9 Å². The molecule has 0 aliphatic rings. The zero-order valence-corrected chi connectivity index (χ0v) is 9.83. The molecule has 0 saturated heterocycles. The number of carboxylic acids is 1. The Kier molecular flexibility index (Phi) is 6.90. The second kappa shape index (κ2) is 5.68. The minimum Gasteiger partial charge on any atom is -0.481 e. The second-order valence-corrected chi connectivity index (χ2v) is 3.72. The summed E-state index contributed by atoms with van der Waals surface area (Å²) in [6.45, 7) is 0.465. The first kappa shape index (κ1) is 14.6. The molecule has 12 heavy (non-hydrogen) atoms. The van der Waals surface area contributed by atoms with Gasteiger partial charge in [0, 0.05) is 21.1 Å². The molecule has 0 radical (unpaired) electrons. The summed E-state index contributed by atoms with van der Waals surface area (Å²) in [5, 5.41) is 17.5. The SMILES string of the molecule is C[N+](C)(C)C[C@H](O)CC(=O)O.[Pt]. The van der Waals surface area contributed by atoms with Gasteiger partial charge in [-0.15, -0.1) is 0 Å². The Balaban J connectivity index is 0. The van der Waals surface area contributed by atoms with E-state index in [4.69, 9.17) is 10.2 Å². The normalized spacial score (nSPS) is 13.3. The fourth-order valence-corrected chi connectivity index (χ4v) is 0.898. The molecule has 0 saturated carbocycles. The van der Waals surface area contributed by atoms with Gasteiger partial charge < -0.3 is 14.7 Å². The Bertz CT molecular complexity index is 144. The van der Waals surface area contributed by atoms with Crippen LogP contribution in [0.2, 0.25) is 0 Å². The van der Waals surface area contributed by atoms with E-state index in [2.05, 4.69) is 0 Å². The van der Waals surface area contributed by atoms with E-state index < -0.39 is 12.1 Å². The third kappa shape index (κ3) is 10.1. The summed E-state index contributed by atoms with van der Waals surface area (Å²) in [4.78, 5) is 10.1. The van der Waals surface area contributed by atoms with Crippen LogP contribution in [0.5, 0.6) is 0 Å². The molecule has 0 heterocycles. The van der Waals surface area contributed by atoms with Crippen molar-refractivity contribution in [2.75, 3.05) is 27.7 Å².